The van der Waals surface area contributed by atoms with Crippen LogP contribution in [-0.2, 0) is 0 Å². The number of alkyl halides is 1. The number of halogens is 1. The van der Waals surface area contributed by atoms with Crippen LogP contribution >= 0.6 is 27.4 Å². The van der Waals surface area contributed by atoms with Crippen molar-refractivity contribution in [1.29, 1.82) is 0 Å². The fourth-order valence-electron chi connectivity index (χ4n) is 1.68. The van der Waals surface area contributed by atoms with E-state index in [0.29, 0.717) is 0 Å². The van der Waals surface area contributed by atoms with Gasteiger partial charge in [0.1, 0.15) is 0 Å². The van der Waals surface area contributed by atoms with E-state index in [1.807, 2.05) is 0 Å². The molecule has 0 N–H and O–H groups in total. The van der Waals surface area contributed by atoms with Crippen molar-refractivity contribution in [2.45, 2.75) is 11.0 Å². The van der Waals surface area contributed by atoms with Crippen LogP contribution in [0.15, 0.2) is 23.8 Å². The third-order valence-corrected chi connectivity index (χ3v) is 7.29. The second kappa shape index (κ2) is 5.11. The summed E-state index contributed by atoms with van der Waals surface area (Å²) >= 11 is 6.81. The van der Waals surface area contributed by atoms with E-state index in [1.165, 1.54) is 5.57 Å². The maximum Gasteiger partial charge on any atom is 0.0886 e. The highest BCUT2D eigenvalue weighted by molar-refractivity contribution is 7.63. The van der Waals surface area contributed by atoms with E-state index in [2.05, 4.69) is 44.9 Å². The van der Waals surface area contributed by atoms with Crippen molar-refractivity contribution in [1.82, 2.24) is 0 Å². The highest BCUT2D eigenvalue weighted by Gasteiger charge is 2.35. The Morgan fingerprint density at radius 1 is 1.36 bits per heavy atom. The highest BCUT2D eigenvalue weighted by atomic mass is 35.5. The average Bonchev–Trinajstić information content (AvgIpc) is 2.53. The Kier molecular flexibility index (Phi) is 4.63. The zero-order valence-corrected chi connectivity index (χ0v) is 12.0. The molecule has 0 spiro atoms. The molecule has 0 aliphatic heterocycles. The van der Waals surface area contributed by atoms with Crippen LogP contribution in [0.2, 0.25) is 0 Å². The Morgan fingerprint density at radius 3 is 2.36 bits per heavy atom. The summed E-state index contributed by atoms with van der Waals surface area (Å²) < 4.78 is -0.0337. The van der Waals surface area contributed by atoms with Crippen LogP contribution in [0.4, 0.5) is 0 Å². The van der Waals surface area contributed by atoms with Gasteiger partial charge in [-0.1, -0.05) is 26.1 Å². The maximum atomic E-state index is 6.81. The molecular formula is C11H19ClP2. The van der Waals surface area contributed by atoms with Crippen LogP contribution in [0.3, 0.4) is 0 Å². The van der Waals surface area contributed by atoms with Crippen molar-refractivity contribution >= 4 is 27.4 Å². The Balaban J connectivity index is 2.81. The molecule has 0 fully saturated rings. The second-order valence-electron chi connectivity index (χ2n) is 4.22. The minimum Gasteiger partial charge on any atom is -0.111 e. The van der Waals surface area contributed by atoms with E-state index in [-0.39, 0.29) is 20.5 Å². The van der Waals surface area contributed by atoms with Crippen LogP contribution < -0.4 is 0 Å². The molecule has 0 heterocycles. The van der Waals surface area contributed by atoms with Crippen LogP contribution in [0.1, 0.15) is 6.42 Å². The summed E-state index contributed by atoms with van der Waals surface area (Å²) in [7, 11) is -0.0375. The molecule has 0 aromatic carbocycles. The minimum atomic E-state index is -0.116. The average molecular weight is 249 g/mol. The molecule has 1 aliphatic rings. The zero-order valence-electron chi connectivity index (χ0n) is 9.42. The lowest BCUT2D eigenvalue weighted by molar-refractivity contribution is 0.985. The van der Waals surface area contributed by atoms with E-state index in [4.69, 9.17) is 11.6 Å². The van der Waals surface area contributed by atoms with Gasteiger partial charge in [0.15, 0.2) is 0 Å². The van der Waals surface area contributed by atoms with Gasteiger partial charge in [0.25, 0.3) is 0 Å². The lowest BCUT2D eigenvalue weighted by Gasteiger charge is -2.34. The first-order valence-corrected chi connectivity index (χ1v) is 9.87. The van der Waals surface area contributed by atoms with E-state index in [0.717, 1.165) is 12.6 Å². The maximum absolute atomic E-state index is 6.81. The first-order chi connectivity index (χ1) is 6.47. The Labute approximate surface area is 95.3 Å². The van der Waals surface area contributed by atoms with Crippen LogP contribution in [-0.4, -0.2) is 37.4 Å². The molecule has 80 valence electrons. The van der Waals surface area contributed by atoms with E-state index in [9.17, 15) is 0 Å². The summed E-state index contributed by atoms with van der Waals surface area (Å²) in [6, 6.07) is 0. The number of rotatable bonds is 4. The monoisotopic (exact) mass is 248 g/mol. The normalized spacial score (nSPS) is 20.4. The van der Waals surface area contributed by atoms with Gasteiger partial charge in [0, 0.05) is 0 Å². The van der Waals surface area contributed by atoms with Gasteiger partial charge >= 0.3 is 0 Å². The molecule has 0 saturated carbocycles. The molecule has 0 saturated heterocycles. The van der Waals surface area contributed by atoms with Crippen molar-refractivity contribution in [3.63, 3.8) is 0 Å². The highest BCUT2D eigenvalue weighted by Crippen LogP contribution is 2.57. The summed E-state index contributed by atoms with van der Waals surface area (Å²) in [5.41, 5.74) is 1.44. The summed E-state index contributed by atoms with van der Waals surface area (Å²) in [5, 5.41) is 0. The largest absolute Gasteiger partial charge is 0.111 e. The molecule has 1 unspecified atom stereocenters. The van der Waals surface area contributed by atoms with Gasteiger partial charge in [0.05, 0.1) is 4.62 Å². The van der Waals surface area contributed by atoms with E-state index < -0.39 is 0 Å². The molecule has 0 amide bonds. The molecule has 1 aliphatic carbocycles. The van der Waals surface area contributed by atoms with Crippen molar-refractivity contribution < 1.29 is 0 Å². The van der Waals surface area contributed by atoms with Gasteiger partial charge in [-0.3, -0.25) is 0 Å². The smallest absolute Gasteiger partial charge is 0.0886 e. The number of hydrogen-bond donors (Lipinski definition) is 0. The van der Waals surface area contributed by atoms with Gasteiger partial charge in [0.2, 0.25) is 0 Å². The van der Waals surface area contributed by atoms with Crippen molar-refractivity contribution in [2.24, 2.45) is 0 Å². The van der Waals surface area contributed by atoms with E-state index in [1.54, 1.807) is 0 Å². The standard InChI is InChI=1S/C11H19ClP2/c1-13(2)9-11(12,14(3)4)10-7-5-6-8-10/h5-7H,8-9H2,1-4H3. The molecule has 1 rings (SSSR count). The van der Waals surface area contributed by atoms with Gasteiger partial charge in [-0.25, -0.2) is 0 Å². The predicted octanol–water partition coefficient (Wildman–Crippen LogP) is 4.29. The van der Waals surface area contributed by atoms with Crippen molar-refractivity contribution in [3.8, 4) is 0 Å². The van der Waals surface area contributed by atoms with Crippen molar-refractivity contribution in [2.75, 3.05) is 32.8 Å². The predicted molar refractivity (Wildman–Crippen MR) is 72.8 cm³/mol. The molecule has 0 radical (unpaired) electrons. The molecule has 14 heavy (non-hydrogen) atoms. The number of hydrogen-bond acceptors (Lipinski definition) is 0. The summed E-state index contributed by atoms with van der Waals surface area (Å²) in [6.45, 7) is 9.21. The van der Waals surface area contributed by atoms with Gasteiger partial charge in [-0.2, -0.15) is 0 Å². The lowest BCUT2D eigenvalue weighted by Crippen LogP contribution is -2.25. The van der Waals surface area contributed by atoms with Crippen LogP contribution in [0.25, 0.3) is 0 Å². The Hall–Kier alpha value is 0.630. The molecule has 0 nitrogen and oxygen atoms in total. The molecular weight excluding hydrogens is 230 g/mol. The zero-order chi connectivity index (χ0) is 10.8. The second-order valence-corrected chi connectivity index (χ2v) is 10.2. The summed E-state index contributed by atoms with van der Waals surface area (Å²) in [5.74, 6) is 0. The first kappa shape index (κ1) is 12.7. The molecule has 1 atom stereocenters. The lowest BCUT2D eigenvalue weighted by atomic mass is 10.2. The minimum absolute atomic E-state index is 0.0337. The first-order valence-electron chi connectivity index (χ1n) is 4.84. The van der Waals surface area contributed by atoms with Crippen LogP contribution in [0, 0.1) is 0 Å². The van der Waals surface area contributed by atoms with E-state index >= 15 is 0 Å². The molecule has 0 aromatic heterocycles. The fraction of sp³-hybridized carbons (Fsp3) is 0.636. The summed E-state index contributed by atoms with van der Waals surface area (Å²) in [4.78, 5) is 0. The fourth-order valence-corrected chi connectivity index (χ4v) is 6.30. The van der Waals surface area contributed by atoms with Crippen molar-refractivity contribution in [3.05, 3.63) is 23.8 Å². The third-order valence-electron chi connectivity index (χ3n) is 2.50. The van der Waals surface area contributed by atoms with Crippen LogP contribution in [0.5, 0.6) is 0 Å². The topological polar surface area (TPSA) is 0 Å². The van der Waals surface area contributed by atoms with Gasteiger partial charge < -0.3 is 0 Å². The van der Waals surface area contributed by atoms with Gasteiger partial charge in [-0.15, -0.1) is 19.5 Å². The molecule has 0 bridgehead atoms. The summed E-state index contributed by atoms with van der Waals surface area (Å²) in [6.07, 6.45) is 8.79. The Morgan fingerprint density at radius 2 is 2.00 bits per heavy atom. The molecule has 3 heteroatoms. The number of allylic oxidation sites excluding steroid dienone is 4. The Bertz CT molecular complexity index is 256. The third kappa shape index (κ3) is 2.82. The SMILES string of the molecule is CP(C)CC(Cl)(C1=CC=CC1)P(C)C. The quantitative estimate of drug-likeness (QED) is 0.514. The molecule has 0 aromatic rings. The van der Waals surface area contributed by atoms with Gasteiger partial charge in [-0.05, 0) is 44.8 Å².